The van der Waals surface area contributed by atoms with Gasteiger partial charge in [0.15, 0.2) is 0 Å². The number of carbonyl (C=O) groups is 1. The van der Waals surface area contributed by atoms with E-state index in [-0.39, 0.29) is 5.91 Å². The molecular weight excluding hydrogens is 326 g/mol. The van der Waals surface area contributed by atoms with Crippen molar-refractivity contribution in [3.8, 4) is 5.75 Å². The number of amides is 1. The first kappa shape index (κ1) is 14.6. The van der Waals surface area contributed by atoms with Crippen molar-refractivity contribution in [1.82, 2.24) is 0 Å². The van der Waals surface area contributed by atoms with Crippen LogP contribution in [0, 0.1) is 0 Å². The Labute approximate surface area is 125 Å². The highest BCUT2D eigenvalue weighted by Gasteiger charge is 2.11. The van der Waals surface area contributed by atoms with Crippen molar-refractivity contribution in [3.63, 3.8) is 0 Å². The summed E-state index contributed by atoms with van der Waals surface area (Å²) >= 11 is 3.37. The fraction of sp³-hybridized carbons (Fsp3) is 0.214. The van der Waals surface area contributed by atoms with Gasteiger partial charge in [-0.25, -0.2) is 0 Å². The zero-order valence-corrected chi connectivity index (χ0v) is 12.5. The summed E-state index contributed by atoms with van der Waals surface area (Å²) in [6.45, 7) is 0.887. The first-order valence-corrected chi connectivity index (χ1v) is 6.75. The molecule has 1 aromatic carbocycles. The molecule has 0 saturated carbocycles. The van der Waals surface area contributed by atoms with Crippen LogP contribution in [-0.4, -0.2) is 26.2 Å². The minimum absolute atomic E-state index is 0.256. The van der Waals surface area contributed by atoms with Crippen molar-refractivity contribution in [3.05, 3.63) is 46.8 Å². The Hall–Kier alpha value is -1.79. The van der Waals surface area contributed by atoms with E-state index in [0.29, 0.717) is 30.2 Å². The monoisotopic (exact) mass is 339 g/mol. The minimum atomic E-state index is -0.256. The van der Waals surface area contributed by atoms with Crippen molar-refractivity contribution in [1.29, 1.82) is 0 Å². The lowest BCUT2D eigenvalue weighted by Gasteiger charge is -2.12. The summed E-state index contributed by atoms with van der Waals surface area (Å²) in [6.07, 6.45) is 2.84. The van der Waals surface area contributed by atoms with Crippen molar-refractivity contribution >= 4 is 27.5 Å². The molecule has 0 aliphatic heterocycles. The number of ether oxygens (including phenoxy) is 2. The number of hydrogen-bond donors (Lipinski definition) is 1. The van der Waals surface area contributed by atoms with Crippen LogP contribution in [0.4, 0.5) is 5.69 Å². The SMILES string of the molecule is COCCOc1ccc(Br)cc1NC(=O)c1ccoc1. The van der Waals surface area contributed by atoms with E-state index in [1.165, 1.54) is 12.5 Å². The highest BCUT2D eigenvalue weighted by molar-refractivity contribution is 9.10. The van der Waals surface area contributed by atoms with E-state index < -0.39 is 0 Å². The summed E-state index contributed by atoms with van der Waals surface area (Å²) in [7, 11) is 1.60. The van der Waals surface area contributed by atoms with Crippen molar-refractivity contribution in [2.75, 3.05) is 25.6 Å². The van der Waals surface area contributed by atoms with E-state index in [9.17, 15) is 4.79 Å². The van der Waals surface area contributed by atoms with Crippen LogP contribution < -0.4 is 10.1 Å². The molecule has 0 atom stereocenters. The molecule has 0 saturated heterocycles. The smallest absolute Gasteiger partial charge is 0.259 e. The third-order valence-corrected chi connectivity index (χ3v) is 3.01. The van der Waals surface area contributed by atoms with Crippen LogP contribution >= 0.6 is 15.9 Å². The average molecular weight is 340 g/mol. The standard InChI is InChI=1S/C14H14BrNO4/c1-18-6-7-20-13-3-2-11(15)8-12(13)16-14(17)10-4-5-19-9-10/h2-5,8-9H,6-7H2,1H3,(H,16,17). The molecule has 106 valence electrons. The number of nitrogens with one attached hydrogen (secondary N) is 1. The molecule has 0 bridgehead atoms. The Bertz CT molecular complexity index is 569. The minimum Gasteiger partial charge on any atom is -0.489 e. The van der Waals surface area contributed by atoms with Crippen LogP contribution in [0.15, 0.2) is 45.7 Å². The maximum atomic E-state index is 12.0. The topological polar surface area (TPSA) is 60.7 Å². The van der Waals surface area contributed by atoms with E-state index in [2.05, 4.69) is 21.2 Å². The fourth-order valence-electron chi connectivity index (χ4n) is 1.55. The van der Waals surface area contributed by atoms with Crippen molar-refractivity contribution in [2.45, 2.75) is 0 Å². The van der Waals surface area contributed by atoms with Gasteiger partial charge in [0.05, 0.1) is 24.1 Å². The van der Waals surface area contributed by atoms with Crippen molar-refractivity contribution < 1.29 is 18.7 Å². The van der Waals surface area contributed by atoms with Gasteiger partial charge in [0, 0.05) is 11.6 Å². The molecule has 0 aliphatic rings. The van der Waals surface area contributed by atoms with E-state index >= 15 is 0 Å². The Balaban J connectivity index is 2.12. The summed E-state index contributed by atoms with van der Waals surface area (Å²) in [5.41, 5.74) is 1.04. The molecule has 1 heterocycles. The first-order valence-electron chi connectivity index (χ1n) is 5.95. The van der Waals surface area contributed by atoms with Gasteiger partial charge in [-0.15, -0.1) is 0 Å². The lowest BCUT2D eigenvalue weighted by molar-refractivity contribution is 0.102. The molecule has 2 aromatic rings. The van der Waals surface area contributed by atoms with Gasteiger partial charge in [0.25, 0.3) is 5.91 Å². The van der Waals surface area contributed by atoms with Crippen LogP contribution in [0.3, 0.4) is 0 Å². The molecule has 20 heavy (non-hydrogen) atoms. The largest absolute Gasteiger partial charge is 0.489 e. The molecule has 6 heteroatoms. The predicted molar refractivity (Wildman–Crippen MR) is 78.2 cm³/mol. The predicted octanol–water partition coefficient (Wildman–Crippen LogP) is 3.32. The van der Waals surface area contributed by atoms with E-state index in [4.69, 9.17) is 13.9 Å². The molecule has 0 aliphatic carbocycles. The molecule has 1 amide bonds. The number of furan rings is 1. The molecule has 1 aromatic heterocycles. The van der Waals surface area contributed by atoms with Gasteiger partial charge < -0.3 is 19.2 Å². The number of methoxy groups -OCH3 is 1. The number of halogens is 1. The zero-order chi connectivity index (χ0) is 14.4. The van der Waals surface area contributed by atoms with Crippen LogP contribution in [0.5, 0.6) is 5.75 Å². The third kappa shape index (κ3) is 3.85. The quantitative estimate of drug-likeness (QED) is 0.820. The second-order valence-corrected chi connectivity index (χ2v) is 4.86. The number of benzene rings is 1. The average Bonchev–Trinajstić information content (AvgIpc) is 2.95. The Morgan fingerprint density at radius 2 is 2.20 bits per heavy atom. The Morgan fingerprint density at radius 3 is 2.90 bits per heavy atom. The van der Waals surface area contributed by atoms with Gasteiger partial charge in [-0.1, -0.05) is 15.9 Å². The normalized spacial score (nSPS) is 10.3. The zero-order valence-electron chi connectivity index (χ0n) is 10.9. The lowest BCUT2D eigenvalue weighted by Crippen LogP contribution is -2.13. The molecule has 0 unspecified atom stereocenters. The summed E-state index contributed by atoms with van der Waals surface area (Å²) in [6, 6.07) is 7.00. The maximum absolute atomic E-state index is 12.0. The number of carbonyl (C=O) groups excluding carboxylic acids is 1. The Kier molecular flexibility index (Phi) is 5.20. The molecule has 1 N–H and O–H groups in total. The van der Waals surface area contributed by atoms with E-state index in [0.717, 1.165) is 4.47 Å². The van der Waals surface area contributed by atoms with Gasteiger partial charge in [0.2, 0.25) is 0 Å². The summed E-state index contributed by atoms with van der Waals surface area (Å²) in [5, 5.41) is 2.79. The molecule has 5 nitrogen and oxygen atoms in total. The maximum Gasteiger partial charge on any atom is 0.259 e. The van der Waals surface area contributed by atoms with Gasteiger partial charge in [-0.2, -0.15) is 0 Å². The number of rotatable bonds is 6. The van der Waals surface area contributed by atoms with Crippen LogP contribution in [0.2, 0.25) is 0 Å². The molecule has 0 spiro atoms. The molecular formula is C14H14BrNO4. The molecule has 2 rings (SSSR count). The number of hydrogen-bond acceptors (Lipinski definition) is 4. The van der Waals surface area contributed by atoms with E-state index in [1.54, 1.807) is 25.3 Å². The van der Waals surface area contributed by atoms with E-state index in [1.807, 2.05) is 6.07 Å². The number of anilines is 1. The van der Waals surface area contributed by atoms with Crippen LogP contribution in [0.25, 0.3) is 0 Å². The molecule has 0 fully saturated rings. The Morgan fingerprint density at radius 1 is 1.35 bits per heavy atom. The molecule has 0 radical (unpaired) electrons. The van der Waals surface area contributed by atoms with Gasteiger partial charge >= 0.3 is 0 Å². The van der Waals surface area contributed by atoms with Crippen LogP contribution in [-0.2, 0) is 4.74 Å². The van der Waals surface area contributed by atoms with Gasteiger partial charge in [0.1, 0.15) is 18.6 Å². The lowest BCUT2D eigenvalue weighted by atomic mass is 10.2. The van der Waals surface area contributed by atoms with Crippen LogP contribution in [0.1, 0.15) is 10.4 Å². The summed E-state index contributed by atoms with van der Waals surface area (Å²) in [4.78, 5) is 12.0. The van der Waals surface area contributed by atoms with Gasteiger partial charge in [-0.3, -0.25) is 4.79 Å². The highest BCUT2D eigenvalue weighted by Crippen LogP contribution is 2.28. The van der Waals surface area contributed by atoms with Crippen molar-refractivity contribution in [2.24, 2.45) is 0 Å². The first-order chi connectivity index (χ1) is 9.70. The third-order valence-electron chi connectivity index (χ3n) is 2.52. The fourth-order valence-corrected chi connectivity index (χ4v) is 1.91. The second-order valence-electron chi connectivity index (χ2n) is 3.95. The van der Waals surface area contributed by atoms with Gasteiger partial charge in [-0.05, 0) is 24.3 Å². The second kappa shape index (κ2) is 7.12. The summed E-state index contributed by atoms with van der Waals surface area (Å²) in [5.74, 6) is 0.329. The summed E-state index contributed by atoms with van der Waals surface area (Å²) < 4.78 is 16.2. The highest BCUT2D eigenvalue weighted by atomic mass is 79.9.